The van der Waals surface area contributed by atoms with Gasteiger partial charge >= 0.3 is 5.97 Å². The Hall–Kier alpha value is -3.11. The summed E-state index contributed by atoms with van der Waals surface area (Å²) in [6, 6.07) is 13.3. The molecular weight excluding hydrogens is 240 g/mol. The van der Waals surface area contributed by atoms with Crippen molar-refractivity contribution in [2.75, 3.05) is 0 Å². The highest BCUT2D eigenvalue weighted by Crippen LogP contribution is 2.33. The highest BCUT2D eigenvalue weighted by molar-refractivity contribution is 5.92. The number of carboxylic acid groups (broad SMARTS) is 1. The van der Waals surface area contributed by atoms with Gasteiger partial charge in [0.05, 0.1) is 18.2 Å². The van der Waals surface area contributed by atoms with E-state index in [1.54, 1.807) is 30.3 Å². The van der Waals surface area contributed by atoms with E-state index in [4.69, 9.17) is 16.9 Å². The Morgan fingerprint density at radius 3 is 2.58 bits per heavy atom. The largest absolute Gasteiger partial charge is 0.478 e. The predicted molar refractivity (Wildman–Crippen MR) is 69.8 cm³/mol. The summed E-state index contributed by atoms with van der Waals surface area (Å²) in [5.74, 6) is -1.08. The molecular formula is C15H8N2O2. The van der Waals surface area contributed by atoms with Crippen LogP contribution in [0, 0.1) is 17.9 Å². The highest BCUT2D eigenvalue weighted by atomic mass is 16.4. The zero-order valence-corrected chi connectivity index (χ0v) is 9.79. The zero-order chi connectivity index (χ0) is 13.8. The van der Waals surface area contributed by atoms with E-state index in [1.807, 2.05) is 0 Å². The summed E-state index contributed by atoms with van der Waals surface area (Å²) in [4.78, 5) is 14.2. The van der Waals surface area contributed by atoms with Crippen molar-refractivity contribution in [2.45, 2.75) is 0 Å². The van der Waals surface area contributed by atoms with Gasteiger partial charge in [0.25, 0.3) is 0 Å². The molecule has 90 valence electrons. The number of benzene rings is 2. The Balaban J connectivity index is 2.67. The van der Waals surface area contributed by atoms with Crippen LogP contribution in [0.4, 0.5) is 5.69 Å². The molecule has 0 fully saturated rings. The molecule has 0 spiro atoms. The highest BCUT2D eigenvalue weighted by Gasteiger charge is 2.12. The van der Waals surface area contributed by atoms with Gasteiger partial charge in [-0.3, -0.25) is 0 Å². The number of rotatable bonds is 2. The SMILES string of the molecule is [C-]#[N+]c1cc(C(=O)O)ccc1-c1ccccc1C#N. The van der Waals surface area contributed by atoms with Gasteiger partial charge in [-0.25, -0.2) is 9.64 Å². The van der Waals surface area contributed by atoms with Crippen LogP contribution in [-0.2, 0) is 0 Å². The lowest BCUT2D eigenvalue weighted by molar-refractivity contribution is 0.0697. The monoisotopic (exact) mass is 248 g/mol. The van der Waals surface area contributed by atoms with E-state index < -0.39 is 5.97 Å². The van der Waals surface area contributed by atoms with Crippen LogP contribution in [0.25, 0.3) is 16.0 Å². The summed E-state index contributed by atoms with van der Waals surface area (Å²) in [6.45, 7) is 7.15. The third-order valence-corrected chi connectivity index (χ3v) is 2.70. The number of hydrogen-bond acceptors (Lipinski definition) is 2. The first-order chi connectivity index (χ1) is 9.17. The summed E-state index contributed by atoms with van der Waals surface area (Å²) >= 11 is 0. The van der Waals surface area contributed by atoms with Gasteiger partial charge in [0.15, 0.2) is 5.69 Å². The second-order valence-electron chi connectivity index (χ2n) is 3.81. The van der Waals surface area contributed by atoms with Crippen molar-refractivity contribution in [1.29, 1.82) is 5.26 Å². The molecule has 0 saturated carbocycles. The van der Waals surface area contributed by atoms with E-state index in [0.29, 0.717) is 16.7 Å². The lowest BCUT2D eigenvalue weighted by Gasteiger charge is -2.07. The van der Waals surface area contributed by atoms with E-state index in [9.17, 15) is 4.79 Å². The zero-order valence-electron chi connectivity index (χ0n) is 9.79. The summed E-state index contributed by atoms with van der Waals surface area (Å²) in [6.07, 6.45) is 0. The molecule has 0 aliphatic rings. The van der Waals surface area contributed by atoms with Crippen molar-refractivity contribution < 1.29 is 9.90 Å². The topological polar surface area (TPSA) is 65.4 Å². The molecule has 0 heterocycles. The Bertz CT molecular complexity index is 737. The third-order valence-electron chi connectivity index (χ3n) is 2.70. The maximum absolute atomic E-state index is 10.9. The van der Waals surface area contributed by atoms with Gasteiger partial charge in [-0.2, -0.15) is 5.26 Å². The van der Waals surface area contributed by atoms with Gasteiger partial charge in [0.2, 0.25) is 0 Å². The molecule has 0 bridgehead atoms. The Labute approximate surface area is 110 Å². The molecule has 0 aromatic heterocycles. The molecule has 0 aliphatic heterocycles. The van der Waals surface area contributed by atoms with Gasteiger partial charge in [-0.1, -0.05) is 24.3 Å². The van der Waals surface area contributed by atoms with Crippen molar-refractivity contribution in [1.82, 2.24) is 0 Å². The molecule has 0 amide bonds. The first-order valence-electron chi connectivity index (χ1n) is 5.41. The second kappa shape index (κ2) is 5.03. The van der Waals surface area contributed by atoms with E-state index >= 15 is 0 Å². The average Bonchev–Trinajstić information content (AvgIpc) is 2.46. The maximum Gasteiger partial charge on any atom is 0.334 e. The maximum atomic E-state index is 10.9. The van der Waals surface area contributed by atoms with E-state index in [0.717, 1.165) is 0 Å². The van der Waals surface area contributed by atoms with Gasteiger partial charge in [-0.05, 0) is 29.3 Å². The Kier molecular flexibility index (Phi) is 3.27. The molecule has 0 unspecified atom stereocenters. The lowest BCUT2D eigenvalue weighted by Crippen LogP contribution is -1.95. The molecule has 0 aliphatic carbocycles. The molecule has 0 atom stereocenters. The minimum Gasteiger partial charge on any atom is -0.478 e. The van der Waals surface area contributed by atoms with E-state index in [2.05, 4.69) is 10.9 Å². The lowest BCUT2D eigenvalue weighted by atomic mass is 9.97. The van der Waals surface area contributed by atoms with Crippen LogP contribution in [0.5, 0.6) is 0 Å². The minimum absolute atomic E-state index is 0.0594. The van der Waals surface area contributed by atoms with E-state index in [1.165, 1.54) is 12.1 Å². The Morgan fingerprint density at radius 2 is 1.95 bits per heavy atom. The van der Waals surface area contributed by atoms with Crippen LogP contribution in [0.1, 0.15) is 15.9 Å². The number of aromatic carboxylic acids is 1. The summed E-state index contributed by atoms with van der Waals surface area (Å²) < 4.78 is 0. The molecule has 2 aromatic rings. The van der Waals surface area contributed by atoms with Crippen LogP contribution >= 0.6 is 0 Å². The van der Waals surface area contributed by atoms with Crippen LogP contribution in [-0.4, -0.2) is 11.1 Å². The van der Waals surface area contributed by atoms with Gasteiger partial charge in [0, 0.05) is 5.56 Å². The van der Waals surface area contributed by atoms with Gasteiger partial charge in [0.1, 0.15) is 0 Å². The van der Waals surface area contributed by atoms with Gasteiger partial charge < -0.3 is 5.11 Å². The number of carbonyl (C=O) groups is 1. The summed E-state index contributed by atoms with van der Waals surface area (Å²) in [5, 5.41) is 18.0. The summed E-state index contributed by atoms with van der Waals surface area (Å²) in [5.41, 5.74) is 1.94. The minimum atomic E-state index is -1.08. The van der Waals surface area contributed by atoms with Crippen molar-refractivity contribution >= 4 is 11.7 Å². The van der Waals surface area contributed by atoms with Crippen LogP contribution in [0.2, 0.25) is 0 Å². The fourth-order valence-corrected chi connectivity index (χ4v) is 1.80. The number of nitrogens with zero attached hydrogens (tertiary/aromatic N) is 2. The number of nitriles is 1. The molecule has 4 nitrogen and oxygen atoms in total. The van der Waals surface area contributed by atoms with E-state index in [-0.39, 0.29) is 11.3 Å². The number of carboxylic acids is 1. The van der Waals surface area contributed by atoms with Crippen molar-refractivity contribution in [3.63, 3.8) is 0 Å². The first-order valence-corrected chi connectivity index (χ1v) is 5.41. The average molecular weight is 248 g/mol. The first kappa shape index (κ1) is 12.3. The second-order valence-corrected chi connectivity index (χ2v) is 3.81. The molecule has 2 rings (SSSR count). The van der Waals surface area contributed by atoms with Crippen LogP contribution in [0.3, 0.4) is 0 Å². The van der Waals surface area contributed by atoms with Gasteiger partial charge in [-0.15, -0.1) is 0 Å². The fourth-order valence-electron chi connectivity index (χ4n) is 1.80. The standard InChI is InChI=1S/C15H8N2O2/c1-17-14-8-10(15(18)19)6-7-13(14)12-5-3-2-4-11(12)9-16/h2-8H,(H,18,19). The van der Waals surface area contributed by atoms with Crippen LogP contribution in [0.15, 0.2) is 42.5 Å². The van der Waals surface area contributed by atoms with Crippen LogP contribution < -0.4 is 0 Å². The quantitative estimate of drug-likeness (QED) is 0.827. The smallest absolute Gasteiger partial charge is 0.334 e. The molecule has 1 N–H and O–H groups in total. The fraction of sp³-hybridized carbons (Fsp3) is 0. The molecule has 4 heteroatoms. The van der Waals surface area contributed by atoms with Crippen molar-refractivity contribution in [3.8, 4) is 17.2 Å². The molecule has 0 saturated heterocycles. The molecule has 19 heavy (non-hydrogen) atoms. The predicted octanol–water partition coefficient (Wildman–Crippen LogP) is 3.47. The number of hydrogen-bond donors (Lipinski definition) is 1. The molecule has 0 radical (unpaired) electrons. The normalized spacial score (nSPS) is 9.37. The molecule has 2 aromatic carbocycles. The third kappa shape index (κ3) is 2.29. The summed E-state index contributed by atoms with van der Waals surface area (Å²) in [7, 11) is 0. The van der Waals surface area contributed by atoms with Crippen molar-refractivity contribution in [3.05, 3.63) is 65.0 Å². The Morgan fingerprint density at radius 1 is 1.21 bits per heavy atom. The van der Waals surface area contributed by atoms with Crippen molar-refractivity contribution in [2.24, 2.45) is 0 Å².